The van der Waals surface area contributed by atoms with Crippen LogP contribution in [-0.4, -0.2) is 9.78 Å². The van der Waals surface area contributed by atoms with Crippen molar-refractivity contribution < 1.29 is 4.39 Å². The van der Waals surface area contributed by atoms with Gasteiger partial charge in [0.25, 0.3) is 0 Å². The Morgan fingerprint density at radius 1 is 1.45 bits per heavy atom. The van der Waals surface area contributed by atoms with Crippen molar-refractivity contribution in [2.24, 2.45) is 5.84 Å². The molecule has 108 valence electrons. The van der Waals surface area contributed by atoms with Gasteiger partial charge in [-0.3, -0.25) is 16.0 Å². The molecule has 1 aromatic heterocycles. The van der Waals surface area contributed by atoms with E-state index in [1.54, 1.807) is 6.07 Å². The fraction of sp³-hybridized carbons (Fsp3) is 0.357. The summed E-state index contributed by atoms with van der Waals surface area (Å²) in [7, 11) is 0. The second kappa shape index (κ2) is 6.47. The zero-order valence-corrected chi connectivity index (χ0v) is 13.1. The van der Waals surface area contributed by atoms with E-state index < -0.39 is 0 Å². The Bertz CT molecular complexity index is 597. The Kier molecular flexibility index (Phi) is 4.91. The molecule has 0 bridgehead atoms. The molecule has 6 heteroatoms. The van der Waals surface area contributed by atoms with E-state index in [1.165, 1.54) is 12.1 Å². The van der Waals surface area contributed by atoms with Gasteiger partial charge in [0.1, 0.15) is 5.82 Å². The summed E-state index contributed by atoms with van der Waals surface area (Å²) in [6.45, 7) is 4.78. The number of benzene rings is 1. The molecule has 4 nitrogen and oxygen atoms in total. The summed E-state index contributed by atoms with van der Waals surface area (Å²) in [5.74, 6) is 5.43. The molecule has 3 N–H and O–H groups in total. The van der Waals surface area contributed by atoms with Crippen LogP contribution in [0.4, 0.5) is 4.39 Å². The third-order valence-corrected chi connectivity index (χ3v) is 3.97. The fourth-order valence-electron chi connectivity index (χ4n) is 2.26. The minimum atomic E-state index is -0.257. The predicted molar refractivity (Wildman–Crippen MR) is 80.5 cm³/mol. The normalized spacial score (nSPS) is 12.7. The van der Waals surface area contributed by atoms with Crippen molar-refractivity contribution in [2.45, 2.75) is 32.9 Å². The van der Waals surface area contributed by atoms with Crippen LogP contribution in [0.25, 0.3) is 0 Å². The first-order valence-electron chi connectivity index (χ1n) is 6.49. The Hall–Kier alpha value is -1.24. The second-order valence-corrected chi connectivity index (χ2v) is 5.54. The highest BCUT2D eigenvalue weighted by molar-refractivity contribution is 9.10. The van der Waals surface area contributed by atoms with Crippen molar-refractivity contribution >= 4 is 15.9 Å². The highest BCUT2D eigenvalue weighted by Crippen LogP contribution is 2.25. The van der Waals surface area contributed by atoms with E-state index in [0.29, 0.717) is 6.42 Å². The first kappa shape index (κ1) is 15.2. The number of hydrogen-bond donors (Lipinski definition) is 2. The summed E-state index contributed by atoms with van der Waals surface area (Å²) in [6, 6.07) is 6.63. The lowest BCUT2D eigenvalue weighted by Gasteiger charge is -2.18. The minimum absolute atomic E-state index is 0.0714. The highest BCUT2D eigenvalue weighted by atomic mass is 79.9. The minimum Gasteiger partial charge on any atom is -0.271 e. The molecule has 20 heavy (non-hydrogen) atoms. The van der Waals surface area contributed by atoms with E-state index in [9.17, 15) is 4.39 Å². The van der Waals surface area contributed by atoms with Gasteiger partial charge in [-0.1, -0.05) is 22.0 Å². The first-order valence-corrected chi connectivity index (χ1v) is 7.28. The number of aromatic nitrogens is 2. The third kappa shape index (κ3) is 3.26. The quantitative estimate of drug-likeness (QED) is 0.650. The van der Waals surface area contributed by atoms with Gasteiger partial charge in [0.15, 0.2) is 0 Å². The predicted octanol–water partition coefficient (Wildman–Crippen LogP) is 2.86. The van der Waals surface area contributed by atoms with E-state index in [2.05, 4.69) is 26.5 Å². The van der Waals surface area contributed by atoms with Crippen molar-refractivity contribution in [1.82, 2.24) is 15.2 Å². The number of aryl methyl sites for hydroxylation is 2. The monoisotopic (exact) mass is 340 g/mol. The van der Waals surface area contributed by atoms with Gasteiger partial charge < -0.3 is 0 Å². The lowest BCUT2D eigenvalue weighted by Crippen LogP contribution is -2.31. The maximum atomic E-state index is 13.1. The van der Waals surface area contributed by atoms with Crippen LogP contribution in [0.15, 0.2) is 28.7 Å². The SMILES string of the molecule is CCn1nc(C)cc1C(Cc1ccc(F)cc1Br)NN. The van der Waals surface area contributed by atoms with Crippen LogP contribution >= 0.6 is 15.9 Å². The Morgan fingerprint density at radius 3 is 2.80 bits per heavy atom. The maximum absolute atomic E-state index is 13.1. The highest BCUT2D eigenvalue weighted by Gasteiger charge is 2.17. The number of halogens is 2. The molecule has 0 saturated carbocycles. The van der Waals surface area contributed by atoms with Gasteiger partial charge in [-0.15, -0.1) is 0 Å². The molecule has 0 spiro atoms. The van der Waals surface area contributed by atoms with Gasteiger partial charge in [0, 0.05) is 11.0 Å². The fourth-order valence-corrected chi connectivity index (χ4v) is 2.77. The van der Waals surface area contributed by atoms with Crippen LogP contribution in [0.5, 0.6) is 0 Å². The topological polar surface area (TPSA) is 55.9 Å². The Balaban J connectivity index is 2.28. The molecule has 0 radical (unpaired) electrons. The molecule has 1 unspecified atom stereocenters. The van der Waals surface area contributed by atoms with E-state index in [4.69, 9.17) is 5.84 Å². The summed E-state index contributed by atoms with van der Waals surface area (Å²) < 4.78 is 15.8. The molecule has 2 rings (SSSR count). The van der Waals surface area contributed by atoms with Gasteiger partial charge in [-0.25, -0.2) is 4.39 Å². The second-order valence-electron chi connectivity index (χ2n) is 4.69. The standard InChI is InChI=1S/C14H18BrFN4/c1-3-20-14(6-9(2)19-20)13(18-17)7-10-4-5-11(16)8-12(10)15/h4-6,8,13,18H,3,7,17H2,1-2H3. The van der Waals surface area contributed by atoms with Crippen molar-refractivity contribution in [3.8, 4) is 0 Å². The number of hydrogen-bond acceptors (Lipinski definition) is 3. The van der Waals surface area contributed by atoms with Gasteiger partial charge in [-0.05, 0) is 44.0 Å². The summed E-state index contributed by atoms with van der Waals surface area (Å²) in [5, 5.41) is 4.43. The van der Waals surface area contributed by atoms with Crippen LogP contribution in [0, 0.1) is 12.7 Å². The molecule has 1 aromatic carbocycles. The summed E-state index contributed by atoms with van der Waals surface area (Å²) in [4.78, 5) is 0. The molecule has 0 aliphatic heterocycles. The summed E-state index contributed by atoms with van der Waals surface area (Å²) in [6.07, 6.45) is 0.655. The Labute approximate surface area is 126 Å². The van der Waals surface area contributed by atoms with Crippen LogP contribution in [0.1, 0.15) is 29.9 Å². The van der Waals surface area contributed by atoms with Crippen molar-refractivity contribution in [3.63, 3.8) is 0 Å². The average molecular weight is 341 g/mol. The van der Waals surface area contributed by atoms with E-state index in [0.717, 1.165) is 28.0 Å². The third-order valence-electron chi connectivity index (χ3n) is 3.23. The van der Waals surface area contributed by atoms with Crippen molar-refractivity contribution in [3.05, 3.63) is 51.5 Å². The van der Waals surface area contributed by atoms with Crippen LogP contribution < -0.4 is 11.3 Å². The smallest absolute Gasteiger partial charge is 0.124 e. The van der Waals surface area contributed by atoms with Gasteiger partial charge in [0.05, 0.1) is 17.4 Å². The molecule has 0 saturated heterocycles. The number of nitrogens with zero attached hydrogens (tertiary/aromatic N) is 2. The summed E-state index contributed by atoms with van der Waals surface area (Å²) >= 11 is 3.39. The molecule has 0 aliphatic carbocycles. The zero-order valence-electron chi connectivity index (χ0n) is 11.5. The zero-order chi connectivity index (χ0) is 14.7. The number of hydrazine groups is 1. The number of nitrogens with one attached hydrogen (secondary N) is 1. The maximum Gasteiger partial charge on any atom is 0.124 e. The Morgan fingerprint density at radius 2 is 2.20 bits per heavy atom. The van der Waals surface area contributed by atoms with Crippen LogP contribution in [0.3, 0.4) is 0 Å². The summed E-state index contributed by atoms with van der Waals surface area (Å²) in [5.41, 5.74) is 5.81. The van der Waals surface area contributed by atoms with Gasteiger partial charge >= 0.3 is 0 Å². The van der Waals surface area contributed by atoms with Gasteiger partial charge in [0.2, 0.25) is 0 Å². The van der Waals surface area contributed by atoms with Crippen LogP contribution in [0.2, 0.25) is 0 Å². The molecule has 0 amide bonds. The van der Waals surface area contributed by atoms with E-state index in [1.807, 2.05) is 24.6 Å². The molecule has 1 heterocycles. The lowest BCUT2D eigenvalue weighted by molar-refractivity contribution is 0.489. The average Bonchev–Trinajstić information content (AvgIpc) is 2.79. The van der Waals surface area contributed by atoms with Crippen molar-refractivity contribution in [2.75, 3.05) is 0 Å². The van der Waals surface area contributed by atoms with E-state index in [-0.39, 0.29) is 11.9 Å². The molecular formula is C14H18BrFN4. The number of nitrogens with two attached hydrogens (primary N) is 1. The van der Waals surface area contributed by atoms with Gasteiger partial charge in [-0.2, -0.15) is 5.10 Å². The lowest BCUT2D eigenvalue weighted by atomic mass is 10.0. The molecule has 0 aliphatic rings. The first-order chi connectivity index (χ1) is 9.55. The van der Waals surface area contributed by atoms with Crippen LogP contribution in [-0.2, 0) is 13.0 Å². The molecular weight excluding hydrogens is 323 g/mol. The van der Waals surface area contributed by atoms with Crippen molar-refractivity contribution in [1.29, 1.82) is 0 Å². The molecule has 2 aromatic rings. The molecule has 0 fully saturated rings. The van der Waals surface area contributed by atoms with E-state index >= 15 is 0 Å². The molecule has 1 atom stereocenters. The largest absolute Gasteiger partial charge is 0.271 e. The number of rotatable bonds is 5.